The number of carbonyl (C=O) groups excluding carboxylic acids is 2. The number of methoxy groups -OCH3 is 1. The molecule has 7 nitrogen and oxygen atoms in total. The van der Waals surface area contributed by atoms with Gasteiger partial charge in [0.25, 0.3) is 11.8 Å². The van der Waals surface area contributed by atoms with E-state index in [9.17, 15) is 14.0 Å². The van der Waals surface area contributed by atoms with Gasteiger partial charge in [0.1, 0.15) is 18.2 Å². The van der Waals surface area contributed by atoms with Gasteiger partial charge >= 0.3 is 0 Å². The average Bonchev–Trinajstić information content (AvgIpc) is 2.78. The Morgan fingerprint density at radius 2 is 2.03 bits per heavy atom. The number of benzene rings is 2. The zero-order valence-corrected chi connectivity index (χ0v) is 18.9. The Morgan fingerprint density at radius 1 is 1.25 bits per heavy atom. The molecule has 0 saturated carbocycles. The minimum Gasteiger partial charge on any atom is -0.491 e. The van der Waals surface area contributed by atoms with E-state index in [1.807, 2.05) is 6.92 Å². The summed E-state index contributed by atoms with van der Waals surface area (Å²) in [4.78, 5) is 27.4. The second kappa shape index (κ2) is 10.6. The molecule has 8 heteroatoms. The van der Waals surface area contributed by atoms with Crippen molar-refractivity contribution in [2.45, 2.75) is 26.0 Å². The van der Waals surface area contributed by atoms with Crippen molar-refractivity contribution in [2.24, 2.45) is 5.92 Å². The van der Waals surface area contributed by atoms with Gasteiger partial charge in [-0.3, -0.25) is 9.59 Å². The van der Waals surface area contributed by atoms with Gasteiger partial charge in [0.15, 0.2) is 0 Å². The lowest BCUT2D eigenvalue weighted by molar-refractivity contribution is 0.0281. The lowest BCUT2D eigenvalue weighted by Gasteiger charge is -2.30. The summed E-state index contributed by atoms with van der Waals surface area (Å²) in [6.07, 6.45) is -0.136. The molecule has 0 aromatic heterocycles. The van der Waals surface area contributed by atoms with E-state index in [-0.39, 0.29) is 29.5 Å². The SMILES string of the molecule is CO[C@@H]1CN(C)C(=O)c2cc(NC(=O)c3cccc(F)c3)ccc2OC[C@H](C)NC[C@@H]1C. The van der Waals surface area contributed by atoms with Crippen molar-refractivity contribution in [3.63, 3.8) is 0 Å². The van der Waals surface area contributed by atoms with E-state index in [1.165, 1.54) is 18.2 Å². The molecule has 0 radical (unpaired) electrons. The number of ether oxygens (including phenoxy) is 2. The first kappa shape index (κ1) is 23.7. The van der Waals surface area contributed by atoms with Crippen LogP contribution >= 0.6 is 0 Å². The molecule has 2 amide bonds. The van der Waals surface area contributed by atoms with Crippen LogP contribution in [0.5, 0.6) is 5.75 Å². The molecule has 2 aromatic carbocycles. The fraction of sp³-hybridized carbons (Fsp3) is 0.417. The van der Waals surface area contributed by atoms with Crippen LogP contribution in [0.25, 0.3) is 0 Å². The highest BCUT2D eigenvalue weighted by Crippen LogP contribution is 2.26. The molecular formula is C24H30FN3O4. The Hall–Kier alpha value is -2.97. The summed E-state index contributed by atoms with van der Waals surface area (Å²) in [6.45, 7) is 5.62. The number of hydrogen-bond acceptors (Lipinski definition) is 5. The van der Waals surface area contributed by atoms with Crippen molar-refractivity contribution in [1.82, 2.24) is 10.2 Å². The summed E-state index contributed by atoms with van der Waals surface area (Å²) in [5.41, 5.74) is 0.937. The van der Waals surface area contributed by atoms with Crippen LogP contribution in [-0.4, -0.2) is 62.7 Å². The van der Waals surface area contributed by atoms with Crippen LogP contribution in [0.1, 0.15) is 34.6 Å². The second-order valence-electron chi connectivity index (χ2n) is 8.23. The van der Waals surface area contributed by atoms with E-state index in [0.29, 0.717) is 30.2 Å². The highest BCUT2D eigenvalue weighted by Gasteiger charge is 2.25. The molecule has 32 heavy (non-hydrogen) atoms. The van der Waals surface area contributed by atoms with E-state index in [4.69, 9.17) is 9.47 Å². The largest absolute Gasteiger partial charge is 0.491 e. The number of carbonyl (C=O) groups is 2. The summed E-state index contributed by atoms with van der Waals surface area (Å²) in [7, 11) is 3.36. The average molecular weight is 444 g/mol. The van der Waals surface area contributed by atoms with Crippen molar-refractivity contribution in [3.8, 4) is 5.75 Å². The minimum atomic E-state index is -0.495. The van der Waals surface area contributed by atoms with Crippen molar-refractivity contribution < 1.29 is 23.5 Å². The molecule has 3 atom stereocenters. The third-order valence-corrected chi connectivity index (χ3v) is 5.57. The fourth-order valence-corrected chi connectivity index (χ4v) is 3.57. The summed E-state index contributed by atoms with van der Waals surface area (Å²) in [6, 6.07) is 10.4. The van der Waals surface area contributed by atoms with Gasteiger partial charge in [-0.1, -0.05) is 13.0 Å². The van der Waals surface area contributed by atoms with Gasteiger partial charge in [-0.25, -0.2) is 4.39 Å². The number of nitrogens with one attached hydrogen (secondary N) is 2. The van der Waals surface area contributed by atoms with E-state index in [1.54, 1.807) is 37.3 Å². The Balaban J connectivity index is 1.89. The molecule has 0 unspecified atom stereocenters. The van der Waals surface area contributed by atoms with Crippen molar-refractivity contribution >= 4 is 17.5 Å². The number of amides is 2. The predicted octanol–water partition coefficient (Wildman–Crippen LogP) is 3.17. The highest BCUT2D eigenvalue weighted by atomic mass is 19.1. The number of anilines is 1. The third-order valence-electron chi connectivity index (χ3n) is 5.57. The van der Waals surface area contributed by atoms with Gasteiger partial charge in [-0.05, 0) is 49.2 Å². The molecule has 1 heterocycles. The maximum Gasteiger partial charge on any atom is 0.257 e. The first-order valence-corrected chi connectivity index (χ1v) is 10.6. The molecule has 2 N–H and O–H groups in total. The van der Waals surface area contributed by atoms with Crippen molar-refractivity contribution in [1.29, 1.82) is 0 Å². The Morgan fingerprint density at radius 3 is 2.75 bits per heavy atom. The number of rotatable bonds is 3. The Bertz CT molecular complexity index is 968. The predicted molar refractivity (Wildman–Crippen MR) is 121 cm³/mol. The number of hydrogen-bond donors (Lipinski definition) is 2. The standard InChI is InChI=1S/C24H30FN3O4/c1-15-12-26-16(2)14-32-21-9-8-19(27-23(29)17-6-5-7-18(25)10-17)11-20(21)24(30)28(3)13-22(15)31-4/h5-11,15-16,22,26H,12-14H2,1-4H3,(H,27,29)/t15-,16-,22+/m0/s1. The second-order valence-corrected chi connectivity index (χ2v) is 8.23. The van der Waals surface area contributed by atoms with E-state index in [0.717, 1.165) is 12.6 Å². The quantitative estimate of drug-likeness (QED) is 0.762. The Labute approximate surface area is 187 Å². The monoisotopic (exact) mass is 443 g/mol. The van der Waals surface area contributed by atoms with Gasteiger partial charge in [0, 0.05) is 44.5 Å². The molecule has 0 spiro atoms. The lowest BCUT2D eigenvalue weighted by Crippen LogP contribution is -2.44. The summed E-state index contributed by atoms with van der Waals surface area (Å²) >= 11 is 0. The molecule has 1 aliphatic heterocycles. The molecule has 0 aliphatic carbocycles. The van der Waals surface area contributed by atoms with Gasteiger partial charge in [0.05, 0.1) is 11.7 Å². The number of halogens is 1. The topological polar surface area (TPSA) is 79.9 Å². The van der Waals surface area contributed by atoms with Crippen LogP contribution in [0, 0.1) is 11.7 Å². The first-order valence-electron chi connectivity index (χ1n) is 10.6. The molecule has 0 bridgehead atoms. The molecule has 3 rings (SSSR count). The van der Waals surface area contributed by atoms with Crippen LogP contribution < -0.4 is 15.4 Å². The number of nitrogens with zero attached hydrogens (tertiary/aromatic N) is 1. The van der Waals surface area contributed by atoms with Crippen molar-refractivity contribution in [2.75, 3.05) is 39.2 Å². The summed E-state index contributed by atoms with van der Waals surface area (Å²) in [5, 5.41) is 6.16. The molecule has 2 aromatic rings. The molecular weight excluding hydrogens is 413 g/mol. The summed E-state index contributed by atoms with van der Waals surface area (Å²) in [5.74, 6) is -0.581. The minimum absolute atomic E-state index is 0.0717. The first-order chi connectivity index (χ1) is 15.3. The molecule has 0 saturated heterocycles. The van der Waals surface area contributed by atoms with Crippen LogP contribution in [0.3, 0.4) is 0 Å². The van der Waals surface area contributed by atoms with E-state index < -0.39 is 11.7 Å². The molecule has 1 aliphatic rings. The fourth-order valence-electron chi connectivity index (χ4n) is 3.57. The maximum atomic E-state index is 13.5. The van der Waals surface area contributed by atoms with Gasteiger partial charge in [0.2, 0.25) is 0 Å². The molecule has 0 fully saturated rings. The van der Waals surface area contributed by atoms with Crippen LogP contribution in [0.4, 0.5) is 10.1 Å². The van der Waals surface area contributed by atoms with E-state index >= 15 is 0 Å². The van der Waals surface area contributed by atoms with Gasteiger partial charge in [-0.15, -0.1) is 0 Å². The zero-order valence-electron chi connectivity index (χ0n) is 18.9. The van der Waals surface area contributed by atoms with Crippen LogP contribution in [0.15, 0.2) is 42.5 Å². The highest BCUT2D eigenvalue weighted by molar-refractivity contribution is 6.05. The van der Waals surface area contributed by atoms with Gasteiger partial charge < -0.3 is 25.0 Å². The number of likely N-dealkylation sites (N-methyl/N-ethyl adjacent to an activating group) is 1. The Kier molecular flexibility index (Phi) is 7.82. The third kappa shape index (κ3) is 5.83. The normalized spacial score (nSPS) is 22.2. The smallest absolute Gasteiger partial charge is 0.257 e. The van der Waals surface area contributed by atoms with Crippen molar-refractivity contribution in [3.05, 3.63) is 59.4 Å². The summed E-state index contributed by atoms with van der Waals surface area (Å²) < 4.78 is 25.0. The molecule has 172 valence electrons. The van der Waals surface area contributed by atoms with Crippen LogP contribution in [0.2, 0.25) is 0 Å². The van der Waals surface area contributed by atoms with Crippen LogP contribution in [-0.2, 0) is 4.74 Å². The van der Waals surface area contributed by atoms with Gasteiger partial charge in [-0.2, -0.15) is 0 Å². The number of fused-ring (bicyclic) bond motifs is 1. The van der Waals surface area contributed by atoms with E-state index in [2.05, 4.69) is 17.6 Å². The zero-order chi connectivity index (χ0) is 23.3. The maximum absolute atomic E-state index is 13.5. The lowest BCUT2D eigenvalue weighted by atomic mass is 10.0.